The molecule has 1 fully saturated rings. The van der Waals surface area contributed by atoms with Gasteiger partial charge in [0, 0.05) is 23.0 Å². The second-order valence-corrected chi connectivity index (χ2v) is 5.56. The van der Waals surface area contributed by atoms with Crippen LogP contribution in [0.15, 0.2) is 24.3 Å². The van der Waals surface area contributed by atoms with E-state index in [1.165, 1.54) is 0 Å². The Morgan fingerprint density at radius 3 is 2.53 bits per heavy atom. The van der Waals surface area contributed by atoms with Crippen LogP contribution in [0, 0.1) is 0 Å². The first-order valence-electron chi connectivity index (χ1n) is 6.45. The molecule has 2 rings (SSSR count). The zero-order chi connectivity index (χ0) is 13.8. The van der Waals surface area contributed by atoms with Crippen LogP contribution < -0.4 is 4.90 Å². The van der Waals surface area contributed by atoms with Crippen LogP contribution in [0.25, 0.3) is 0 Å². The molecule has 1 saturated carbocycles. The summed E-state index contributed by atoms with van der Waals surface area (Å²) < 4.78 is 0. The molecule has 0 spiro atoms. The summed E-state index contributed by atoms with van der Waals surface area (Å²) in [6.07, 6.45) is 2.30. The maximum absolute atomic E-state index is 12.3. The summed E-state index contributed by atoms with van der Waals surface area (Å²) in [7, 11) is 0. The topological polar surface area (TPSA) is 40.5 Å². The number of nitrogens with zero attached hydrogens (tertiary/aromatic N) is 1. The lowest BCUT2D eigenvalue weighted by molar-refractivity contribution is -0.119. The smallest absolute Gasteiger partial charge is 0.228 e. The average molecular weight is 302 g/mol. The van der Waals surface area contributed by atoms with Crippen molar-refractivity contribution in [2.24, 2.45) is 0 Å². The summed E-state index contributed by atoms with van der Waals surface area (Å²) >= 11 is 11.5. The monoisotopic (exact) mass is 301 g/mol. The van der Waals surface area contributed by atoms with Gasteiger partial charge in [0.05, 0.1) is 12.1 Å². The van der Waals surface area contributed by atoms with Gasteiger partial charge in [0.25, 0.3) is 0 Å². The minimum Gasteiger partial charge on any atom is -0.391 e. The Kier molecular flexibility index (Phi) is 5.08. The van der Waals surface area contributed by atoms with Crippen LogP contribution in [0.3, 0.4) is 0 Å². The molecule has 0 heterocycles. The molecule has 19 heavy (non-hydrogen) atoms. The number of hydrogen-bond donors (Lipinski definition) is 1. The van der Waals surface area contributed by atoms with E-state index in [9.17, 15) is 9.90 Å². The summed E-state index contributed by atoms with van der Waals surface area (Å²) in [4.78, 5) is 13.9. The van der Waals surface area contributed by atoms with E-state index in [0.29, 0.717) is 5.02 Å². The number of carbonyl (C=O) groups is 1. The quantitative estimate of drug-likeness (QED) is 0.868. The Morgan fingerprint density at radius 1 is 1.32 bits per heavy atom. The lowest BCUT2D eigenvalue weighted by Gasteiger charge is -2.31. The van der Waals surface area contributed by atoms with Gasteiger partial charge in [0.2, 0.25) is 5.91 Å². The van der Waals surface area contributed by atoms with E-state index in [-0.39, 0.29) is 24.2 Å². The van der Waals surface area contributed by atoms with Crippen LogP contribution in [0.5, 0.6) is 0 Å². The van der Waals surface area contributed by atoms with Gasteiger partial charge in [-0.05, 0) is 43.5 Å². The van der Waals surface area contributed by atoms with Gasteiger partial charge in [-0.15, -0.1) is 11.6 Å². The van der Waals surface area contributed by atoms with E-state index in [1.54, 1.807) is 29.2 Å². The summed E-state index contributed by atoms with van der Waals surface area (Å²) in [5.74, 6) is 0.231. The van der Waals surface area contributed by atoms with Crippen molar-refractivity contribution in [1.29, 1.82) is 0 Å². The second kappa shape index (κ2) is 6.60. The Bertz CT molecular complexity index is 436. The molecule has 1 amide bonds. The normalized spacial score (nSPS) is 22.5. The molecular weight excluding hydrogens is 285 g/mol. The third kappa shape index (κ3) is 3.41. The van der Waals surface area contributed by atoms with E-state index >= 15 is 0 Å². The van der Waals surface area contributed by atoms with Gasteiger partial charge in [0.15, 0.2) is 0 Å². The standard InChI is InChI=1S/C14H17Cl2NO2/c15-9-8-14(19)17(12-2-1-3-13(12)18)11-6-4-10(16)5-7-11/h4-7,12-13,18H,1-3,8-9H2. The highest BCUT2D eigenvalue weighted by molar-refractivity contribution is 6.30. The predicted octanol–water partition coefficient (Wildman–Crippen LogP) is 3.22. The Hall–Kier alpha value is -0.770. The molecular formula is C14H17Cl2NO2. The number of amides is 1. The van der Waals surface area contributed by atoms with Crippen molar-refractivity contribution in [3.63, 3.8) is 0 Å². The van der Waals surface area contributed by atoms with Crippen LogP contribution in [-0.4, -0.2) is 29.0 Å². The number of anilines is 1. The lowest BCUT2D eigenvalue weighted by Crippen LogP contribution is -2.44. The van der Waals surface area contributed by atoms with Crippen molar-refractivity contribution >= 4 is 34.8 Å². The molecule has 1 aliphatic rings. The number of hydrogen-bond acceptors (Lipinski definition) is 2. The highest BCUT2D eigenvalue weighted by Crippen LogP contribution is 2.30. The summed E-state index contributed by atoms with van der Waals surface area (Å²) in [6.45, 7) is 0. The maximum atomic E-state index is 12.3. The van der Waals surface area contributed by atoms with Crippen LogP contribution in [0.4, 0.5) is 5.69 Å². The summed E-state index contributed by atoms with van der Waals surface area (Å²) in [6, 6.07) is 6.95. The zero-order valence-electron chi connectivity index (χ0n) is 10.6. The van der Waals surface area contributed by atoms with E-state index in [1.807, 2.05) is 0 Å². The molecule has 2 atom stereocenters. The SMILES string of the molecule is O=C(CCCl)N(c1ccc(Cl)cc1)C1CCCC1O. The average Bonchev–Trinajstić information content (AvgIpc) is 2.79. The van der Waals surface area contributed by atoms with Gasteiger partial charge in [-0.1, -0.05) is 11.6 Å². The summed E-state index contributed by atoms with van der Waals surface area (Å²) in [5, 5.41) is 10.7. The number of rotatable bonds is 4. The van der Waals surface area contributed by atoms with Crippen molar-refractivity contribution in [1.82, 2.24) is 0 Å². The Morgan fingerprint density at radius 2 is 2.00 bits per heavy atom. The van der Waals surface area contributed by atoms with Crippen molar-refractivity contribution < 1.29 is 9.90 Å². The Balaban J connectivity index is 2.28. The van der Waals surface area contributed by atoms with Gasteiger partial charge in [-0.2, -0.15) is 0 Å². The first kappa shape index (κ1) is 14.6. The number of halogens is 2. The minimum atomic E-state index is -0.463. The first-order chi connectivity index (χ1) is 9.13. The second-order valence-electron chi connectivity index (χ2n) is 4.74. The fraction of sp³-hybridized carbons (Fsp3) is 0.500. The maximum Gasteiger partial charge on any atom is 0.228 e. The first-order valence-corrected chi connectivity index (χ1v) is 7.36. The molecule has 104 valence electrons. The molecule has 1 N–H and O–H groups in total. The van der Waals surface area contributed by atoms with E-state index in [0.717, 1.165) is 24.9 Å². The molecule has 0 bridgehead atoms. The van der Waals surface area contributed by atoms with Crippen LogP contribution in [0.1, 0.15) is 25.7 Å². The molecule has 5 heteroatoms. The van der Waals surface area contributed by atoms with E-state index in [4.69, 9.17) is 23.2 Å². The van der Waals surface area contributed by atoms with E-state index in [2.05, 4.69) is 0 Å². The molecule has 0 radical (unpaired) electrons. The van der Waals surface area contributed by atoms with Gasteiger partial charge < -0.3 is 10.0 Å². The van der Waals surface area contributed by atoms with Crippen LogP contribution in [-0.2, 0) is 4.79 Å². The molecule has 1 aromatic carbocycles. The van der Waals surface area contributed by atoms with Gasteiger partial charge in [0.1, 0.15) is 0 Å². The number of aliphatic hydroxyl groups excluding tert-OH is 1. The predicted molar refractivity (Wildman–Crippen MR) is 77.9 cm³/mol. The molecule has 1 aliphatic carbocycles. The van der Waals surface area contributed by atoms with Crippen molar-refractivity contribution in [3.05, 3.63) is 29.3 Å². The summed E-state index contributed by atoms with van der Waals surface area (Å²) in [5.41, 5.74) is 0.769. The third-order valence-corrected chi connectivity index (χ3v) is 3.90. The highest BCUT2D eigenvalue weighted by Gasteiger charge is 2.34. The van der Waals surface area contributed by atoms with Gasteiger partial charge in [-0.3, -0.25) is 4.79 Å². The molecule has 1 aromatic rings. The Labute approximate surface area is 123 Å². The van der Waals surface area contributed by atoms with Crippen molar-refractivity contribution in [3.8, 4) is 0 Å². The molecule has 3 nitrogen and oxygen atoms in total. The fourth-order valence-electron chi connectivity index (χ4n) is 2.55. The number of aliphatic hydroxyl groups is 1. The van der Waals surface area contributed by atoms with Crippen molar-refractivity contribution in [2.45, 2.75) is 37.8 Å². The van der Waals surface area contributed by atoms with Crippen LogP contribution >= 0.6 is 23.2 Å². The van der Waals surface area contributed by atoms with Crippen molar-refractivity contribution in [2.75, 3.05) is 10.8 Å². The third-order valence-electron chi connectivity index (χ3n) is 3.46. The van der Waals surface area contributed by atoms with Gasteiger partial charge >= 0.3 is 0 Å². The van der Waals surface area contributed by atoms with Crippen LogP contribution in [0.2, 0.25) is 5.02 Å². The molecule has 0 aromatic heterocycles. The molecule has 0 aliphatic heterocycles. The molecule has 0 saturated heterocycles. The highest BCUT2D eigenvalue weighted by atomic mass is 35.5. The number of alkyl halides is 1. The minimum absolute atomic E-state index is 0.0525. The lowest BCUT2D eigenvalue weighted by atomic mass is 10.1. The molecule has 2 unspecified atom stereocenters. The van der Waals surface area contributed by atoms with E-state index < -0.39 is 6.10 Å². The van der Waals surface area contributed by atoms with Gasteiger partial charge in [-0.25, -0.2) is 0 Å². The zero-order valence-corrected chi connectivity index (χ0v) is 12.1. The largest absolute Gasteiger partial charge is 0.391 e. The fourth-order valence-corrected chi connectivity index (χ4v) is 2.83. The number of carbonyl (C=O) groups excluding carboxylic acids is 1. The number of benzene rings is 1.